The van der Waals surface area contributed by atoms with E-state index in [1.807, 2.05) is 7.05 Å². The fourth-order valence-corrected chi connectivity index (χ4v) is 2.02. The highest BCUT2D eigenvalue weighted by Gasteiger charge is 2.16. The average molecular weight is 199 g/mol. The number of hydrogen-bond donors (Lipinski definition) is 1. The minimum absolute atomic E-state index is 0.823. The molecule has 3 heteroatoms. The van der Waals surface area contributed by atoms with Gasteiger partial charge in [0.2, 0.25) is 0 Å². The van der Waals surface area contributed by atoms with Crippen molar-refractivity contribution < 1.29 is 0 Å². The normalized spacial score (nSPS) is 22.5. The number of nitrogens with zero attached hydrogens (tertiary/aromatic N) is 2. The smallest absolute Gasteiger partial charge is 0.0110 e. The van der Waals surface area contributed by atoms with Gasteiger partial charge in [0.25, 0.3) is 0 Å². The van der Waals surface area contributed by atoms with Crippen molar-refractivity contribution in [2.75, 3.05) is 53.4 Å². The molecule has 0 spiro atoms. The highest BCUT2D eigenvalue weighted by atomic mass is 15.2. The molecule has 0 aliphatic carbocycles. The molecular weight excluding hydrogens is 174 g/mol. The monoisotopic (exact) mass is 199 g/mol. The van der Waals surface area contributed by atoms with Crippen LogP contribution in [0.5, 0.6) is 0 Å². The minimum Gasteiger partial charge on any atom is -0.319 e. The second-order valence-corrected chi connectivity index (χ2v) is 4.44. The van der Waals surface area contributed by atoms with E-state index in [0.29, 0.717) is 0 Å². The van der Waals surface area contributed by atoms with E-state index < -0.39 is 0 Å². The lowest BCUT2D eigenvalue weighted by Gasteiger charge is -2.34. The van der Waals surface area contributed by atoms with E-state index in [2.05, 4.69) is 29.1 Å². The Morgan fingerprint density at radius 3 is 2.36 bits per heavy atom. The largest absolute Gasteiger partial charge is 0.319 e. The van der Waals surface area contributed by atoms with Gasteiger partial charge >= 0.3 is 0 Å². The Hall–Kier alpha value is -0.120. The predicted molar refractivity (Wildman–Crippen MR) is 61.6 cm³/mol. The third kappa shape index (κ3) is 3.95. The van der Waals surface area contributed by atoms with Gasteiger partial charge in [0.1, 0.15) is 0 Å². The number of nitrogens with one attached hydrogen (secondary N) is 1. The molecule has 1 aliphatic rings. The van der Waals surface area contributed by atoms with Gasteiger partial charge in [-0.2, -0.15) is 0 Å². The predicted octanol–water partition coefficient (Wildman–Crippen LogP) is 0.479. The summed E-state index contributed by atoms with van der Waals surface area (Å²) in [5.41, 5.74) is 0. The summed E-state index contributed by atoms with van der Waals surface area (Å²) >= 11 is 0. The van der Waals surface area contributed by atoms with E-state index in [4.69, 9.17) is 0 Å². The van der Waals surface area contributed by atoms with E-state index >= 15 is 0 Å². The van der Waals surface area contributed by atoms with Gasteiger partial charge in [-0.1, -0.05) is 13.3 Å². The first kappa shape index (κ1) is 12.0. The number of rotatable bonds is 5. The fraction of sp³-hybridized carbons (Fsp3) is 1.00. The van der Waals surface area contributed by atoms with Gasteiger partial charge in [-0.3, -0.25) is 0 Å². The molecule has 1 aliphatic heterocycles. The molecule has 1 rings (SSSR count). The molecule has 0 aromatic heterocycles. The van der Waals surface area contributed by atoms with Gasteiger partial charge in [-0.15, -0.1) is 0 Å². The molecule has 14 heavy (non-hydrogen) atoms. The topological polar surface area (TPSA) is 18.5 Å². The van der Waals surface area contributed by atoms with E-state index in [1.165, 1.54) is 39.1 Å². The van der Waals surface area contributed by atoms with Gasteiger partial charge in [0.15, 0.2) is 0 Å². The Kier molecular flexibility index (Phi) is 5.45. The Bertz CT molecular complexity index is 141. The molecule has 1 atom stereocenters. The molecule has 0 amide bonds. The van der Waals surface area contributed by atoms with Crippen LogP contribution >= 0.6 is 0 Å². The molecule has 0 aromatic rings. The summed E-state index contributed by atoms with van der Waals surface area (Å²) in [6.07, 6.45) is 1.28. The molecule has 1 heterocycles. The average Bonchev–Trinajstić information content (AvgIpc) is 2.20. The number of piperazine rings is 1. The van der Waals surface area contributed by atoms with Gasteiger partial charge in [-0.25, -0.2) is 0 Å². The van der Waals surface area contributed by atoms with Crippen LogP contribution < -0.4 is 5.32 Å². The van der Waals surface area contributed by atoms with Crippen LogP contribution in [-0.4, -0.2) is 63.2 Å². The molecule has 1 saturated heterocycles. The molecular formula is C11H25N3. The maximum atomic E-state index is 3.28. The van der Waals surface area contributed by atoms with Crippen molar-refractivity contribution in [3.05, 3.63) is 0 Å². The molecule has 0 unspecified atom stereocenters. The van der Waals surface area contributed by atoms with Crippen molar-refractivity contribution >= 4 is 0 Å². The highest BCUT2D eigenvalue weighted by molar-refractivity contribution is 4.72. The molecule has 1 fully saturated rings. The zero-order valence-electron chi connectivity index (χ0n) is 9.92. The second-order valence-electron chi connectivity index (χ2n) is 4.44. The summed E-state index contributed by atoms with van der Waals surface area (Å²) in [5, 5.41) is 3.28. The molecule has 0 aromatic carbocycles. The van der Waals surface area contributed by atoms with Crippen molar-refractivity contribution in [3.63, 3.8) is 0 Å². The zero-order valence-corrected chi connectivity index (χ0v) is 9.92. The Morgan fingerprint density at radius 1 is 1.21 bits per heavy atom. The van der Waals surface area contributed by atoms with Crippen LogP contribution in [0.3, 0.4) is 0 Å². The van der Waals surface area contributed by atoms with Crippen molar-refractivity contribution in [1.29, 1.82) is 0 Å². The second kappa shape index (κ2) is 6.38. The summed E-state index contributed by atoms with van der Waals surface area (Å²) in [5.74, 6) is 0.823. The quantitative estimate of drug-likeness (QED) is 0.695. The minimum atomic E-state index is 0.823. The van der Waals surface area contributed by atoms with Crippen LogP contribution in [-0.2, 0) is 0 Å². The van der Waals surface area contributed by atoms with Gasteiger partial charge in [0, 0.05) is 32.7 Å². The first-order chi connectivity index (χ1) is 6.76. The van der Waals surface area contributed by atoms with E-state index in [1.54, 1.807) is 0 Å². The van der Waals surface area contributed by atoms with Crippen molar-refractivity contribution in [2.24, 2.45) is 5.92 Å². The lowest BCUT2D eigenvalue weighted by molar-refractivity contribution is 0.134. The molecule has 0 radical (unpaired) electrons. The lowest BCUT2D eigenvalue weighted by Crippen LogP contribution is -2.46. The van der Waals surface area contributed by atoms with Crippen molar-refractivity contribution in [2.45, 2.75) is 13.3 Å². The van der Waals surface area contributed by atoms with Crippen LogP contribution in [0.2, 0.25) is 0 Å². The number of likely N-dealkylation sites (N-methyl/N-ethyl adjacent to an activating group) is 1. The van der Waals surface area contributed by atoms with Crippen LogP contribution in [0.25, 0.3) is 0 Å². The molecule has 1 N–H and O–H groups in total. The fourth-order valence-electron chi connectivity index (χ4n) is 2.02. The van der Waals surface area contributed by atoms with Crippen LogP contribution in [0, 0.1) is 5.92 Å². The first-order valence-electron chi connectivity index (χ1n) is 5.81. The van der Waals surface area contributed by atoms with E-state index in [0.717, 1.165) is 12.5 Å². The summed E-state index contributed by atoms with van der Waals surface area (Å²) in [6, 6.07) is 0. The lowest BCUT2D eigenvalue weighted by atomic mass is 10.1. The Labute approximate surface area is 88.5 Å². The SMILES string of the molecule is CC[C@@H](CNC)CN1CCN(C)CC1. The van der Waals surface area contributed by atoms with Gasteiger partial charge in [0.05, 0.1) is 0 Å². The van der Waals surface area contributed by atoms with Crippen molar-refractivity contribution in [3.8, 4) is 0 Å². The van der Waals surface area contributed by atoms with Gasteiger partial charge < -0.3 is 15.1 Å². The number of hydrogen-bond acceptors (Lipinski definition) is 3. The summed E-state index contributed by atoms with van der Waals surface area (Å²) in [6.45, 7) is 9.67. The molecule has 84 valence electrons. The zero-order chi connectivity index (χ0) is 10.4. The van der Waals surface area contributed by atoms with Crippen LogP contribution in [0.15, 0.2) is 0 Å². The summed E-state index contributed by atoms with van der Waals surface area (Å²) in [4.78, 5) is 5.01. The van der Waals surface area contributed by atoms with Crippen LogP contribution in [0.1, 0.15) is 13.3 Å². The first-order valence-corrected chi connectivity index (χ1v) is 5.81. The highest BCUT2D eigenvalue weighted by Crippen LogP contribution is 2.07. The summed E-state index contributed by atoms with van der Waals surface area (Å²) in [7, 11) is 4.26. The molecule has 3 nitrogen and oxygen atoms in total. The Morgan fingerprint density at radius 2 is 1.86 bits per heavy atom. The molecule has 0 saturated carbocycles. The van der Waals surface area contributed by atoms with E-state index in [-0.39, 0.29) is 0 Å². The maximum absolute atomic E-state index is 3.28. The van der Waals surface area contributed by atoms with E-state index in [9.17, 15) is 0 Å². The summed E-state index contributed by atoms with van der Waals surface area (Å²) < 4.78 is 0. The maximum Gasteiger partial charge on any atom is 0.0110 e. The molecule has 0 bridgehead atoms. The Balaban J connectivity index is 2.21. The standard InChI is InChI=1S/C11H25N3/c1-4-11(9-12-2)10-14-7-5-13(3)6-8-14/h11-12H,4-10H2,1-3H3/t11-/m0/s1. The third-order valence-electron chi connectivity index (χ3n) is 3.18. The van der Waals surface area contributed by atoms with Crippen molar-refractivity contribution in [1.82, 2.24) is 15.1 Å². The third-order valence-corrected chi connectivity index (χ3v) is 3.18. The van der Waals surface area contributed by atoms with Gasteiger partial charge in [-0.05, 0) is 26.6 Å². The van der Waals surface area contributed by atoms with Crippen LogP contribution in [0.4, 0.5) is 0 Å².